The van der Waals surface area contributed by atoms with Crippen molar-refractivity contribution in [2.75, 3.05) is 0 Å². The van der Waals surface area contributed by atoms with E-state index in [1.165, 1.54) is 32.1 Å². The molecule has 0 amide bonds. The lowest BCUT2D eigenvalue weighted by Gasteiger charge is -2.29. The van der Waals surface area contributed by atoms with E-state index in [1.54, 1.807) is 16.7 Å². The minimum Gasteiger partial charge on any atom is -0.0837 e. The molecule has 0 heteroatoms. The summed E-state index contributed by atoms with van der Waals surface area (Å²) in [5.74, 6) is 2.01. The van der Waals surface area contributed by atoms with Crippen LogP contribution in [-0.2, 0) is 0 Å². The summed E-state index contributed by atoms with van der Waals surface area (Å²) in [6.45, 7) is 4.68. The zero-order valence-electron chi connectivity index (χ0n) is 12.8. The molecule has 0 aromatic heterocycles. The smallest absolute Gasteiger partial charge is 0.00839 e. The van der Waals surface area contributed by atoms with Crippen molar-refractivity contribution >= 4 is 0 Å². The van der Waals surface area contributed by atoms with Crippen molar-refractivity contribution in [3.8, 4) is 0 Å². The molecule has 0 N–H and O–H groups in total. The Morgan fingerprint density at radius 1 is 1.25 bits per heavy atom. The fourth-order valence-corrected chi connectivity index (χ4v) is 3.94. The fraction of sp³-hybridized carbons (Fsp3) is 0.500. The summed E-state index contributed by atoms with van der Waals surface area (Å²) in [6.07, 6.45) is 22.9. The van der Waals surface area contributed by atoms with Crippen LogP contribution in [0.1, 0.15) is 46.0 Å². The minimum absolute atomic E-state index is 0.619. The van der Waals surface area contributed by atoms with Crippen molar-refractivity contribution < 1.29 is 0 Å². The Balaban J connectivity index is 2.05. The third-order valence-electron chi connectivity index (χ3n) is 4.97. The highest BCUT2D eigenvalue weighted by Crippen LogP contribution is 2.45. The van der Waals surface area contributed by atoms with Gasteiger partial charge in [-0.3, -0.25) is 0 Å². The number of hydrogen-bond donors (Lipinski definition) is 0. The largest absolute Gasteiger partial charge is 0.0837 e. The van der Waals surface area contributed by atoms with E-state index in [4.69, 9.17) is 0 Å². The van der Waals surface area contributed by atoms with Crippen LogP contribution in [0.2, 0.25) is 0 Å². The second-order valence-corrected chi connectivity index (χ2v) is 6.42. The molecule has 0 spiro atoms. The summed E-state index contributed by atoms with van der Waals surface area (Å²) < 4.78 is 0. The van der Waals surface area contributed by atoms with Gasteiger partial charge in [-0.05, 0) is 54.2 Å². The predicted molar refractivity (Wildman–Crippen MR) is 87.4 cm³/mol. The summed E-state index contributed by atoms with van der Waals surface area (Å²) in [5, 5.41) is 0. The molecule has 3 unspecified atom stereocenters. The second kappa shape index (κ2) is 5.99. The minimum atomic E-state index is 0.619. The van der Waals surface area contributed by atoms with E-state index in [-0.39, 0.29) is 0 Å². The summed E-state index contributed by atoms with van der Waals surface area (Å²) >= 11 is 0. The Labute approximate surface area is 123 Å². The van der Waals surface area contributed by atoms with Crippen LogP contribution in [0.15, 0.2) is 59.3 Å². The molecule has 0 saturated carbocycles. The van der Waals surface area contributed by atoms with Gasteiger partial charge < -0.3 is 0 Å². The van der Waals surface area contributed by atoms with Gasteiger partial charge in [-0.1, -0.05) is 62.8 Å². The molecule has 0 nitrogen and oxygen atoms in total. The summed E-state index contributed by atoms with van der Waals surface area (Å²) in [6, 6.07) is 0. The maximum absolute atomic E-state index is 2.54. The third-order valence-corrected chi connectivity index (χ3v) is 4.97. The highest BCUT2D eigenvalue weighted by molar-refractivity contribution is 5.49. The number of allylic oxidation sites excluding steroid dienone is 10. The van der Waals surface area contributed by atoms with Crippen molar-refractivity contribution in [2.24, 2.45) is 17.8 Å². The first-order chi connectivity index (χ1) is 9.81. The van der Waals surface area contributed by atoms with Crippen molar-refractivity contribution in [1.82, 2.24) is 0 Å². The maximum Gasteiger partial charge on any atom is 0.00839 e. The van der Waals surface area contributed by atoms with Crippen molar-refractivity contribution in [2.45, 2.75) is 46.0 Å². The van der Waals surface area contributed by atoms with E-state index in [1.807, 2.05) is 0 Å². The normalized spacial score (nSPS) is 34.1. The van der Waals surface area contributed by atoms with E-state index >= 15 is 0 Å². The van der Waals surface area contributed by atoms with Gasteiger partial charge in [0.2, 0.25) is 0 Å². The van der Waals surface area contributed by atoms with Crippen LogP contribution in [0.25, 0.3) is 0 Å². The standard InChI is InChI=1S/C20H26/c1-3-4-11-19-18-12-6-5-9-16(18)13-14-17-10-7-8-15(2)20(17)19/h5-7,9-12,15-16,18H,3-4,8,13-14H2,1-2H3/b19-11-. The lowest BCUT2D eigenvalue weighted by atomic mass is 9.75. The monoisotopic (exact) mass is 266 g/mol. The zero-order chi connectivity index (χ0) is 13.9. The molecule has 0 heterocycles. The van der Waals surface area contributed by atoms with Crippen LogP contribution in [0.5, 0.6) is 0 Å². The van der Waals surface area contributed by atoms with E-state index in [2.05, 4.69) is 56.4 Å². The third kappa shape index (κ3) is 2.49. The van der Waals surface area contributed by atoms with Crippen LogP contribution in [0, 0.1) is 17.8 Å². The number of hydrogen-bond acceptors (Lipinski definition) is 0. The highest BCUT2D eigenvalue weighted by Gasteiger charge is 2.31. The Morgan fingerprint density at radius 3 is 2.95 bits per heavy atom. The van der Waals surface area contributed by atoms with Gasteiger partial charge in [0.1, 0.15) is 0 Å². The summed E-state index contributed by atoms with van der Waals surface area (Å²) in [7, 11) is 0. The van der Waals surface area contributed by atoms with Gasteiger partial charge >= 0.3 is 0 Å². The number of unbranched alkanes of at least 4 members (excludes halogenated alkanes) is 1. The van der Waals surface area contributed by atoms with Crippen LogP contribution in [0.4, 0.5) is 0 Å². The van der Waals surface area contributed by atoms with Crippen molar-refractivity contribution in [3.05, 3.63) is 59.3 Å². The predicted octanol–water partition coefficient (Wildman–Crippen LogP) is 5.76. The Bertz CT molecular complexity index is 510. The molecule has 106 valence electrons. The average Bonchev–Trinajstić information content (AvgIpc) is 2.63. The first kappa shape index (κ1) is 13.7. The lowest BCUT2D eigenvalue weighted by Crippen LogP contribution is -2.17. The van der Waals surface area contributed by atoms with Crippen LogP contribution in [-0.4, -0.2) is 0 Å². The topological polar surface area (TPSA) is 0 Å². The van der Waals surface area contributed by atoms with Gasteiger partial charge in [0.05, 0.1) is 0 Å². The number of rotatable bonds is 2. The highest BCUT2D eigenvalue weighted by atomic mass is 14.4. The molecule has 0 fully saturated rings. The molecule has 0 aliphatic heterocycles. The maximum atomic E-state index is 2.54. The molecular formula is C20H26. The Morgan fingerprint density at radius 2 is 2.10 bits per heavy atom. The van der Waals surface area contributed by atoms with E-state index < -0.39 is 0 Å². The summed E-state index contributed by atoms with van der Waals surface area (Å²) in [4.78, 5) is 0. The van der Waals surface area contributed by atoms with Gasteiger partial charge in [0.25, 0.3) is 0 Å². The summed E-state index contributed by atoms with van der Waals surface area (Å²) in [5.41, 5.74) is 4.93. The van der Waals surface area contributed by atoms with E-state index in [0.29, 0.717) is 17.8 Å². The molecule has 0 bridgehead atoms. The van der Waals surface area contributed by atoms with E-state index in [9.17, 15) is 0 Å². The Kier molecular flexibility index (Phi) is 4.10. The van der Waals surface area contributed by atoms with Crippen LogP contribution >= 0.6 is 0 Å². The van der Waals surface area contributed by atoms with Gasteiger partial charge in [0.15, 0.2) is 0 Å². The van der Waals surface area contributed by atoms with Crippen molar-refractivity contribution in [3.63, 3.8) is 0 Å². The molecule has 20 heavy (non-hydrogen) atoms. The molecule has 3 aliphatic rings. The first-order valence-electron chi connectivity index (χ1n) is 8.26. The zero-order valence-corrected chi connectivity index (χ0v) is 12.8. The number of fused-ring (bicyclic) bond motifs is 1. The molecular weight excluding hydrogens is 240 g/mol. The molecule has 3 aliphatic carbocycles. The van der Waals surface area contributed by atoms with Gasteiger partial charge in [-0.25, -0.2) is 0 Å². The van der Waals surface area contributed by atoms with Crippen LogP contribution < -0.4 is 0 Å². The van der Waals surface area contributed by atoms with Gasteiger partial charge in [-0.15, -0.1) is 0 Å². The van der Waals surface area contributed by atoms with Gasteiger partial charge in [0, 0.05) is 5.92 Å². The average molecular weight is 266 g/mol. The molecule has 0 aromatic carbocycles. The molecule has 0 saturated heterocycles. The van der Waals surface area contributed by atoms with Crippen molar-refractivity contribution in [1.29, 1.82) is 0 Å². The molecule has 3 atom stereocenters. The van der Waals surface area contributed by atoms with Gasteiger partial charge in [-0.2, -0.15) is 0 Å². The Hall–Kier alpha value is -1.30. The molecule has 3 rings (SSSR count). The first-order valence-corrected chi connectivity index (χ1v) is 8.26. The fourth-order valence-electron chi connectivity index (χ4n) is 3.94. The van der Waals surface area contributed by atoms with Crippen LogP contribution in [0.3, 0.4) is 0 Å². The molecule has 0 aromatic rings. The SMILES string of the molecule is CCC/C=C1\C2=C(C=CCC2C)CCC2C=CC=CC12. The second-order valence-electron chi connectivity index (χ2n) is 6.42. The quantitative estimate of drug-likeness (QED) is 0.596. The lowest BCUT2D eigenvalue weighted by molar-refractivity contribution is 0.501. The van der Waals surface area contributed by atoms with E-state index in [0.717, 1.165) is 0 Å². The molecule has 0 radical (unpaired) electrons.